The van der Waals surface area contributed by atoms with Gasteiger partial charge in [0, 0.05) is 6.54 Å². The number of nitrogens with one attached hydrogen (secondary N) is 1. The van der Waals surface area contributed by atoms with Gasteiger partial charge in [-0.1, -0.05) is 20.8 Å². The molecule has 0 bridgehead atoms. The second kappa shape index (κ2) is 4.65. The van der Waals surface area contributed by atoms with E-state index in [1.54, 1.807) is 0 Å². The molecule has 11 heavy (non-hydrogen) atoms. The highest BCUT2D eigenvalue weighted by Gasteiger charge is 2.14. The smallest absolute Gasteiger partial charge is 0.250 e. The number of alkyl halides is 2. The van der Waals surface area contributed by atoms with E-state index in [9.17, 15) is 8.78 Å². The normalized spacial score (nSPS) is 12.5. The van der Waals surface area contributed by atoms with Crippen LogP contribution in [0.3, 0.4) is 0 Å². The van der Waals surface area contributed by atoms with E-state index >= 15 is 0 Å². The van der Waals surface area contributed by atoms with Crippen LogP contribution in [0.25, 0.3) is 0 Å². The Kier molecular flexibility index (Phi) is 4.57. The lowest BCUT2D eigenvalue weighted by Gasteiger charge is -2.22. The largest absolute Gasteiger partial charge is 0.311 e. The molecule has 0 amide bonds. The molecule has 1 nitrogen and oxygen atoms in total. The highest BCUT2D eigenvalue weighted by molar-refractivity contribution is 4.69. The van der Waals surface area contributed by atoms with Crippen molar-refractivity contribution in [3.05, 3.63) is 0 Å². The van der Waals surface area contributed by atoms with Gasteiger partial charge in [-0.25, -0.2) is 8.78 Å². The Labute approximate surface area is 67.2 Å². The van der Waals surface area contributed by atoms with E-state index in [1.807, 2.05) is 0 Å². The zero-order valence-electron chi connectivity index (χ0n) is 7.45. The molecule has 0 saturated heterocycles. The van der Waals surface area contributed by atoms with Crippen LogP contribution in [0, 0.1) is 5.41 Å². The predicted molar refractivity (Wildman–Crippen MR) is 42.9 cm³/mol. The Balaban J connectivity index is 3.38. The summed E-state index contributed by atoms with van der Waals surface area (Å²) in [5, 5.41) is 2.73. The van der Waals surface area contributed by atoms with Gasteiger partial charge in [-0.3, -0.25) is 0 Å². The van der Waals surface area contributed by atoms with Crippen molar-refractivity contribution in [1.82, 2.24) is 5.32 Å². The minimum absolute atomic E-state index is 0.134. The predicted octanol–water partition coefficient (Wildman–Crippen LogP) is 2.28. The van der Waals surface area contributed by atoms with Crippen LogP contribution >= 0.6 is 0 Å². The molecule has 0 aromatic rings. The molecule has 68 valence electrons. The average molecular weight is 165 g/mol. The maximum absolute atomic E-state index is 11.7. The maximum Gasteiger partial charge on any atom is 0.250 e. The van der Waals surface area contributed by atoms with Crippen LogP contribution in [-0.2, 0) is 0 Å². The van der Waals surface area contributed by atoms with Crippen LogP contribution in [0.2, 0.25) is 0 Å². The third kappa shape index (κ3) is 6.23. The molecular formula is C8H17F2N. The molecule has 0 fully saturated rings. The Morgan fingerprint density at radius 1 is 1.36 bits per heavy atom. The van der Waals surface area contributed by atoms with Gasteiger partial charge in [0.1, 0.15) is 0 Å². The first kappa shape index (κ1) is 10.8. The van der Waals surface area contributed by atoms with E-state index in [4.69, 9.17) is 0 Å². The zero-order valence-corrected chi connectivity index (χ0v) is 7.45. The molecule has 0 rings (SSSR count). The zero-order chi connectivity index (χ0) is 8.91. The van der Waals surface area contributed by atoms with Crippen LogP contribution in [0.15, 0.2) is 0 Å². The summed E-state index contributed by atoms with van der Waals surface area (Å²) in [5.41, 5.74) is 0.134. The second-order valence-corrected chi connectivity index (χ2v) is 3.54. The molecule has 0 heterocycles. The molecule has 0 aromatic heterocycles. The van der Waals surface area contributed by atoms with Crippen molar-refractivity contribution in [2.45, 2.75) is 33.6 Å². The number of rotatable bonds is 5. The Bertz CT molecular complexity index is 102. The molecule has 0 aliphatic rings. The summed E-state index contributed by atoms with van der Waals surface area (Å²) in [6.45, 7) is 6.65. The van der Waals surface area contributed by atoms with Crippen LogP contribution < -0.4 is 5.32 Å². The van der Waals surface area contributed by atoms with Gasteiger partial charge >= 0.3 is 0 Å². The lowest BCUT2D eigenvalue weighted by molar-refractivity contribution is 0.140. The molecule has 0 unspecified atom stereocenters. The van der Waals surface area contributed by atoms with Crippen LogP contribution in [0.1, 0.15) is 27.2 Å². The first-order chi connectivity index (χ1) is 4.98. The summed E-state index contributed by atoms with van der Waals surface area (Å²) in [5.74, 6) is 0. The van der Waals surface area contributed by atoms with Gasteiger partial charge in [0.25, 0.3) is 6.43 Å². The summed E-state index contributed by atoms with van der Waals surface area (Å²) in [6.07, 6.45) is -1.23. The molecule has 0 aromatic carbocycles. The quantitative estimate of drug-likeness (QED) is 0.659. The Hall–Kier alpha value is -0.180. The first-order valence-corrected chi connectivity index (χ1v) is 3.97. The molecule has 1 N–H and O–H groups in total. The van der Waals surface area contributed by atoms with Gasteiger partial charge in [0.15, 0.2) is 0 Å². The van der Waals surface area contributed by atoms with E-state index in [-0.39, 0.29) is 12.0 Å². The summed E-state index contributed by atoms with van der Waals surface area (Å²) in [6, 6.07) is 0. The number of hydrogen-bond donors (Lipinski definition) is 1. The lowest BCUT2D eigenvalue weighted by Crippen LogP contribution is -2.31. The Morgan fingerprint density at radius 2 is 1.91 bits per heavy atom. The first-order valence-electron chi connectivity index (χ1n) is 3.97. The lowest BCUT2D eigenvalue weighted by atomic mass is 9.90. The van der Waals surface area contributed by atoms with Gasteiger partial charge in [-0.15, -0.1) is 0 Å². The minimum atomic E-state index is -2.23. The molecular weight excluding hydrogens is 148 g/mol. The molecule has 0 radical (unpaired) electrons. The van der Waals surface area contributed by atoms with Crippen molar-refractivity contribution >= 4 is 0 Å². The molecule has 0 aliphatic carbocycles. The second-order valence-electron chi connectivity index (χ2n) is 3.54. The molecule has 0 spiro atoms. The van der Waals surface area contributed by atoms with Crippen molar-refractivity contribution in [3.63, 3.8) is 0 Å². The van der Waals surface area contributed by atoms with Crippen molar-refractivity contribution < 1.29 is 8.78 Å². The van der Waals surface area contributed by atoms with Gasteiger partial charge in [-0.2, -0.15) is 0 Å². The fourth-order valence-corrected chi connectivity index (χ4v) is 0.645. The summed E-state index contributed by atoms with van der Waals surface area (Å²) in [7, 11) is 0. The summed E-state index contributed by atoms with van der Waals surface area (Å²) >= 11 is 0. The Morgan fingerprint density at radius 3 is 2.27 bits per heavy atom. The topological polar surface area (TPSA) is 12.0 Å². The van der Waals surface area contributed by atoms with Crippen LogP contribution in [0.5, 0.6) is 0 Å². The third-order valence-electron chi connectivity index (χ3n) is 1.86. The SMILES string of the molecule is CCC(C)(C)CNCC(F)F. The fraction of sp³-hybridized carbons (Fsp3) is 1.00. The average Bonchev–Trinajstić information content (AvgIpc) is 1.87. The minimum Gasteiger partial charge on any atom is -0.311 e. The van der Waals surface area contributed by atoms with Crippen molar-refractivity contribution in [3.8, 4) is 0 Å². The van der Waals surface area contributed by atoms with Gasteiger partial charge in [-0.05, 0) is 11.8 Å². The maximum atomic E-state index is 11.7. The van der Waals surface area contributed by atoms with Crippen molar-refractivity contribution in [2.75, 3.05) is 13.1 Å². The van der Waals surface area contributed by atoms with Crippen molar-refractivity contribution in [2.24, 2.45) is 5.41 Å². The summed E-state index contributed by atoms with van der Waals surface area (Å²) in [4.78, 5) is 0. The highest BCUT2D eigenvalue weighted by Crippen LogP contribution is 2.17. The van der Waals surface area contributed by atoms with Crippen LogP contribution in [0.4, 0.5) is 8.78 Å². The fourth-order valence-electron chi connectivity index (χ4n) is 0.645. The molecule has 0 atom stereocenters. The van der Waals surface area contributed by atoms with Gasteiger partial charge < -0.3 is 5.32 Å². The van der Waals surface area contributed by atoms with Gasteiger partial charge in [0.2, 0.25) is 0 Å². The van der Waals surface area contributed by atoms with Gasteiger partial charge in [0.05, 0.1) is 6.54 Å². The monoisotopic (exact) mass is 165 g/mol. The third-order valence-corrected chi connectivity index (χ3v) is 1.86. The summed E-state index contributed by atoms with van der Waals surface area (Å²) < 4.78 is 23.3. The van der Waals surface area contributed by atoms with Crippen molar-refractivity contribution in [1.29, 1.82) is 0 Å². The molecule has 3 heteroatoms. The van der Waals surface area contributed by atoms with E-state index in [1.165, 1.54) is 0 Å². The van der Waals surface area contributed by atoms with Crippen LogP contribution in [-0.4, -0.2) is 19.5 Å². The number of halogens is 2. The van der Waals surface area contributed by atoms with E-state index in [0.717, 1.165) is 6.42 Å². The number of hydrogen-bond acceptors (Lipinski definition) is 1. The molecule has 0 saturated carbocycles. The van der Waals surface area contributed by atoms with E-state index in [0.29, 0.717) is 6.54 Å². The molecule has 0 aliphatic heterocycles. The standard InChI is InChI=1S/C8H17F2N/c1-4-8(2,3)6-11-5-7(9)10/h7,11H,4-6H2,1-3H3. The van der Waals surface area contributed by atoms with E-state index < -0.39 is 6.43 Å². The highest BCUT2D eigenvalue weighted by atomic mass is 19.3. The van der Waals surface area contributed by atoms with E-state index in [2.05, 4.69) is 26.1 Å².